The minimum atomic E-state index is -1.76. The summed E-state index contributed by atoms with van der Waals surface area (Å²) >= 11 is 0. The van der Waals surface area contributed by atoms with Gasteiger partial charge in [0.25, 0.3) is 5.91 Å². The van der Waals surface area contributed by atoms with Crippen molar-refractivity contribution >= 4 is 29.1 Å². The largest absolute Gasteiger partial charge is 0.352 e. The van der Waals surface area contributed by atoms with Crippen LogP contribution in [-0.4, -0.2) is 23.6 Å². The number of aromatic nitrogens is 1. The van der Waals surface area contributed by atoms with E-state index in [1.54, 1.807) is 24.5 Å². The summed E-state index contributed by atoms with van der Waals surface area (Å²) in [5.41, 5.74) is 0.611. The van der Waals surface area contributed by atoms with Crippen LogP contribution < -0.4 is 21.2 Å². The molecule has 0 aliphatic heterocycles. The van der Waals surface area contributed by atoms with Crippen LogP contribution in [0.15, 0.2) is 116 Å². The standard InChI is InChI=1S/C29H29N2OP/c32-29(25-14-13-21-30-24-25)31-22-11-4-12-23-33(26-15-5-1-6-16-26,27-17-7-2-8-18-27)28-19-9-3-10-20-28/h1-3,5-10,13-21,24H,4,11-12,22-23H2/p+1. The zero-order valence-electron chi connectivity index (χ0n) is 18.8. The zero-order chi connectivity index (χ0) is 22.8. The summed E-state index contributed by atoms with van der Waals surface area (Å²) in [7, 11) is -1.76. The molecule has 33 heavy (non-hydrogen) atoms. The van der Waals surface area contributed by atoms with Crippen molar-refractivity contribution in [3.8, 4) is 0 Å². The Morgan fingerprint density at radius 1 is 0.667 bits per heavy atom. The SMILES string of the molecule is O=C(NCCCCC[P+](c1ccccc1)(c1ccccc1)c1ccccc1)c1cccnc1. The van der Waals surface area contributed by atoms with E-state index in [1.807, 2.05) is 0 Å². The van der Waals surface area contributed by atoms with E-state index in [2.05, 4.69) is 101 Å². The van der Waals surface area contributed by atoms with Crippen molar-refractivity contribution in [3.63, 3.8) is 0 Å². The third-order valence-corrected chi connectivity index (χ3v) is 10.5. The van der Waals surface area contributed by atoms with Gasteiger partial charge < -0.3 is 5.32 Å². The molecule has 0 bridgehead atoms. The smallest absolute Gasteiger partial charge is 0.252 e. The number of hydrogen-bond acceptors (Lipinski definition) is 2. The van der Waals surface area contributed by atoms with Gasteiger partial charge in [-0.25, -0.2) is 0 Å². The van der Waals surface area contributed by atoms with Crippen LogP contribution in [0.1, 0.15) is 29.6 Å². The maximum absolute atomic E-state index is 12.2. The summed E-state index contributed by atoms with van der Waals surface area (Å²) < 4.78 is 0. The maximum atomic E-state index is 12.2. The van der Waals surface area contributed by atoms with Crippen molar-refractivity contribution in [2.75, 3.05) is 12.7 Å². The van der Waals surface area contributed by atoms with E-state index >= 15 is 0 Å². The predicted octanol–water partition coefficient (Wildman–Crippen LogP) is 4.98. The summed E-state index contributed by atoms with van der Waals surface area (Å²) in [6, 6.07) is 36.6. The Balaban J connectivity index is 1.48. The number of carbonyl (C=O) groups is 1. The molecule has 0 fully saturated rings. The molecule has 1 N–H and O–H groups in total. The molecule has 0 saturated carbocycles. The van der Waals surface area contributed by atoms with Crippen LogP contribution in [0.25, 0.3) is 0 Å². The summed E-state index contributed by atoms with van der Waals surface area (Å²) in [6.45, 7) is 0.682. The van der Waals surface area contributed by atoms with Crippen LogP contribution in [0, 0.1) is 0 Å². The first-order chi connectivity index (χ1) is 16.3. The van der Waals surface area contributed by atoms with E-state index in [0.29, 0.717) is 12.1 Å². The molecule has 1 amide bonds. The van der Waals surface area contributed by atoms with Gasteiger partial charge in [0.05, 0.1) is 11.7 Å². The van der Waals surface area contributed by atoms with Crippen molar-refractivity contribution in [2.45, 2.75) is 19.3 Å². The highest BCUT2D eigenvalue weighted by molar-refractivity contribution is 7.95. The molecule has 0 aliphatic rings. The molecule has 1 heterocycles. The molecule has 4 rings (SSSR count). The second kappa shape index (κ2) is 11.5. The Labute approximate surface area is 197 Å². The summed E-state index contributed by atoms with van der Waals surface area (Å²) in [5, 5.41) is 7.29. The molecule has 166 valence electrons. The molecule has 0 atom stereocenters. The van der Waals surface area contributed by atoms with Crippen molar-refractivity contribution in [1.82, 2.24) is 10.3 Å². The van der Waals surface area contributed by atoms with Crippen LogP contribution in [-0.2, 0) is 0 Å². The van der Waals surface area contributed by atoms with E-state index in [9.17, 15) is 4.79 Å². The average molecular weight is 454 g/mol. The lowest BCUT2D eigenvalue weighted by Gasteiger charge is -2.27. The molecule has 0 radical (unpaired) electrons. The number of pyridine rings is 1. The summed E-state index contributed by atoms with van der Waals surface area (Å²) in [6.07, 6.45) is 7.54. The number of benzene rings is 3. The lowest BCUT2D eigenvalue weighted by atomic mass is 10.2. The number of rotatable bonds is 10. The van der Waals surface area contributed by atoms with Gasteiger partial charge in [0.2, 0.25) is 0 Å². The highest BCUT2D eigenvalue weighted by Crippen LogP contribution is 2.55. The zero-order valence-corrected chi connectivity index (χ0v) is 19.7. The van der Waals surface area contributed by atoms with Gasteiger partial charge in [-0.15, -0.1) is 0 Å². The van der Waals surface area contributed by atoms with E-state index in [0.717, 1.165) is 25.4 Å². The second-order valence-corrected chi connectivity index (χ2v) is 11.7. The van der Waals surface area contributed by atoms with Gasteiger partial charge in [0, 0.05) is 18.9 Å². The Morgan fingerprint density at radius 2 is 1.21 bits per heavy atom. The fraction of sp³-hybridized carbons (Fsp3) is 0.172. The number of nitrogens with zero attached hydrogens (tertiary/aromatic N) is 1. The van der Waals surface area contributed by atoms with Crippen molar-refractivity contribution in [1.29, 1.82) is 0 Å². The van der Waals surface area contributed by atoms with Crippen LogP contribution in [0.3, 0.4) is 0 Å². The first kappa shape index (κ1) is 22.9. The van der Waals surface area contributed by atoms with Crippen molar-refractivity contribution in [3.05, 3.63) is 121 Å². The number of amides is 1. The molecule has 1 aromatic heterocycles. The Hall–Kier alpha value is -3.29. The first-order valence-corrected chi connectivity index (χ1v) is 13.5. The normalized spacial score (nSPS) is 11.2. The number of hydrogen-bond donors (Lipinski definition) is 1. The van der Waals surface area contributed by atoms with Gasteiger partial charge in [0.1, 0.15) is 23.2 Å². The van der Waals surface area contributed by atoms with Gasteiger partial charge in [-0.05, 0) is 67.8 Å². The highest BCUT2D eigenvalue weighted by Gasteiger charge is 2.44. The van der Waals surface area contributed by atoms with Gasteiger partial charge in [-0.2, -0.15) is 0 Å². The third-order valence-electron chi connectivity index (χ3n) is 5.97. The Kier molecular flexibility index (Phi) is 8.00. The molecule has 0 saturated heterocycles. The van der Waals surface area contributed by atoms with Crippen molar-refractivity contribution < 1.29 is 4.79 Å². The maximum Gasteiger partial charge on any atom is 0.252 e. The van der Waals surface area contributed by atoms with Gasteiger partial charge in [0.15, 0.2) is 0 Å². The minimum absolute atomic E-state index is 0.0530. The van der Waals surface area contributed by atoms with Crippen molar-refractivity contribution in [2.24, 2.45) is 0 Å². The molecule has 0 spiro atoms. The summed E-state index contributed by atoms with van der Waals surface area (Å²) in [4.78, 5) is 16.3. The summed E-state index contributed by atoms with van der Waals surface area (Å²) in [5.74, 6) is -0.0530. The topological polar surface area (TPSA) is 42.0 Å². The van der Waals surface area contributed by atoms with E-state index in [4.69, 9.17) is 0 Å². The second-order valence-electron chi connectivity index (χ2n) is 8.10. The molecular weight excluding hydrogens is 423 g/mol. The van der Waals surface area contributed by atoms with Gasteiger partial charge in [-0.3, -0.25) is 9.78 Å². The fourth-order valence-electron chi connectivity index (χ4n) is 4.33. The molecule has 3 aromatic carbocycles. The number of unbranched alkanes of at least 4 members (excludes halogenated alkanes) is 2. The van der Waals surface area contributed by atoms with E-state index in [1.165, 1.54) is 15.9 Å². The van der Waals surface area contributed by atoms with Crippen LogP contribution in [0.2, 0.25) is 0 Å². The molecule has 4 aromatic rings. The van der Waals surface area contributed by atoms with E-state index < -0.39 is 7.26 Å². The number of carbonyl (C=O) groups excluding carboxylic acids is 1. The quantitative estimate of drug-likeness (QED) is 0.272. The molecule has 3 nitrogen and oxygen atoms in total. The minimum Gasteiger partial charge on any atom is -0.352 e. The fourth-order valence-corrected chi connectivity index (χ4v) is 8.74. The Bertz CT molecular complexity index is 1020. The van der Waals surface area contributed by atoms with Gasteiger partial charge in [-0.1, -0.05) is 54.6 Å². The molecule has 0 aliphatic carbocycles. The molecule has 0 unspecified atom stereocenters. The van der Waals surface area contributed by atoms with E-state index in [-0.39, 0.29) is 5.91 Å². The third kappa shape index (κ3) is 5.56. The predicted molar refractivity (Wildman–Crippen MR) is 140 cm³/mol. The monoisotopic (exact) mass is 453 g/mol. The van der Waals surface area contributed by atoms with Crippen LogP contribution in [0.4, 0.5) is 0 Å². The van der Waals surface area contributed by atoms with Crippen LogP contribution >= 0.6 is 7.26 Å². The van der Waals surface area contributed by atoms with Crippen LogP contribution in [0.5, 0.6) is 0 Å². The Morgan fingerprint density at radius 3 is 1.70 bits per heavy atom. The average Bonchev–Trinajstić information content (AvgIpc) is 2.90. The lowest BCUT2D eigenvalue weighted by molar-refractivity contribution is 0.0952. The number of nitrogens with one attached hydrogen (secondary N) is 1. The molecule has 4 heteroatoms. The van der Waals surface area contributed by atoms with Gasteiger partial charge >= 0.3 is 0 Å². The first-order valence-electron chi connectivity index (χ1n) is 11.5. The highest BCUT2D eigenvalue weighted by atomic mass is 31.2. The molecular formula is C29H30N2OP+. The lowest BCUT2D eigenvalue weighted by Crippen LogP contribution is -2.33.